The lowest BCUT2D eigenvalue weighted by Gasteiger charge is -2.11. The maximum Gasteiger partial charge on any atom is 0.255 e. The summed E-state index contributed by atoms with van der Waals surface area (Å²) in [5.41, 5.74) is 2.92. The van der Waals surface area contributed by atoms with Crippen LogP contribution in [0.2, 0.25) is 0 Å². The maximum atomic E-state index is 12.5. The van der Waals surface area contributed by atoms with Crippen molar-refractivity contribution in [3.8, 4) is 5.75 Å². The quantitative estimate of drug-likeness (QED) is 0.589. The van der Waals surface area contributed by atoms with Crippen LogP contribution in [0.4, 0.5) is 11.4 Å². The minimum absolute atomic E-state index is 0.135. The van der Waals surface area contributed by atoms with Crippen LogP contribution < -0.4 is 15.4 Å². The highest BCUT2D eigenvalue weighted by Crippen LogP contribution is 2.19. The molecule has 4 rings (SSSR count). The highest BCUT2D eigenvalue weighted by Gasteiger charge is 2.23. The van der Waals surface area contributed by atoms with Crippen LogP contribution in [0.3, 0.4) is 0 Å². The molecule has 2 amide bonds. The molecule has 3 aromatic rings. The van der Waals surface area contributed by atoms with Crippen molar-refractivity contribution in [2.45, 2.75) is 25.6 Å². The molecule has 0 saturated carbocycles. The van der Waals surface area contributed by atoms with Crippen molar-refractivity contribution in [3.05, 3.63) is 90.0 Å². The number of ether oxygens (including phenoxy) is 2. The fourth-order valence-electron chi connectivity index (χ4n) is 3.29. The van der Waals surface area contributed by atoms with Gasteiger partial charge >= 0.3 is 0 Å². The number of nitrogens with one attached hydrogen (secondary N) is 2. The van der Waals surface area contributed by atoms with E-state index in [0.717, 1.165) is 18.4 Å². The zero-order chi connectivity index (χ0) is 21.5. The van der Waals surface area contributed by atoms with E-state index in [9.17, 15) is 9.59 Å². The molecule has 0 radical (unpaired) electrons. The van der Waals surface area contributed by atoms with Crippen LogP contribution in [-0.4, -0.2) is 24.5 Å². The summed E-state index contributed by atoms with van der Waals surface area (Å²) in [6.07, 6.45) is 1.28. The predicted molar refractivity (Wildman–Crippen MR) is 119 cm³/mol. The van der Waals surface area contributed by atoms with Gasteiger partial charge in [-0.05, 0) is 66.9 Å². The Kier molecular flexibility index (Phi) is 6.59. The topological polar surface area (TPSA) is 76.7 Å². The summed E-state index contributed by atoms with van der Waals surface area (Å²) in [7, 11) is 0. The van der Waals surface area contributed by atoms with Crippen molar-refractivity contribution in [2.24, 2.45) is 0 Å². The Bertz CT molecular complexity index is 1010. The number of carbonyl (C=O) groups is 2. The van der Waals surface area contributed by atoms with E-state index in [1.165, 1.54) is 0 Å². The largest absolute Gasteiger partial charge is 0.489 e. The molecular formula is C25H24N2O4. The number of benzene rings is 3. The number of rotatable bonds is 7. The summed E-state index contributed by atoms with van der Waals surface area (Å²) in [5, 5.41) is 5.69. The van der Waals surface area contributed by atoms with Gasteiger partial charge in [-0.2, -0.15) is 0 Å². The Morgan fingerprint density at radius 3 is 2.19 bits per heavy atom. The van der Waals surface area contributed by atoms with Gasteiger partial charge in [-0.25, -0.2) is 0 Å². The number of hydrogen-bond acceptors (Lipinski definition) is 4. The standard InChI is InChI=1S/C25H24N2O4/c28-24(19-8-14-22(15-9-19)31-17-18-5-2-1-3-6-18)26-20-10-12-21(13-11-20)27-25(29)23-7-4-16-30-23/h1-3,5-6,8-15,23H,4,7,16-17H2,(H,26,28)(H,27,29). The third-order valence-corrected chi connectivity index (χ3v) is 5.00. The number of amides is 2. The van der Waals surface area contributed by atoms with Gasteiger partial charge in [0.1, 0.15) is 18.5 Å². The van der Waals surface area contributed by atoms with Crippen molar-refractivity contribution in [1.29, 1.82) is 0 Å². The summed E-state index contributed by atoms with van der Waals surface area (Å²) in [6.45, 7) is 1.10. The Morgan fingerprint density at radius 1 is 0.871 bits per heavy atom. The van der Waals surface area contributed by atoms with Crippen LogP contribution in [0, 0.1) is 0 Å². The van der Waals surface area contributed by atoms with Crippen molar-refractivity contribution < 1.29 is 19.1 Å². The fourth-order valence-corrected chi connectivity index (χ4v) is 3.29. The first-order valence-electron chi connectivity index (χ1n) is 10.3. The molecule has 0 aliphatic carbocycles. The number of carbonyl (C=O) groups excluding carboxylic acids is 2. The molecule has 1 atom stereocenters. The van der Waals surface area contributed by atoms with Crippen LogP contribution >= 0.6 is 0 Å². The zero-order valence-electron chi connectivity index (χ0n) is 17.0. The molecule has 6 heteroatoms. The Morgan fingerprint density at radius 2 is 1.55 bits per heavy atom. The van der Waals surface area contributed by atoms with Gasteiger partial charge in [0.2, 0.25) is 0 Å². The lowest BCUT2D eigenvalue weighted by Crippen LogP contribution is -2.26. The minimum Gasteiger partial charge on any atom is -0.489 e. The highest BCUT2D eigenvalue weighted by atomic mass is 16.5. The second kappa shape index (κ2) is 9.91. The third-order valence-electron chi connectivity index (χ3n) is 5.00. The Balaban J connectivity index is 1.29. The Labute approximate surface area is 181 Å². The normalized spacial score (nSPS) is 15.3. The monoisotopic (exact) mass is 416 g/mol. The van der Waals surface area contributed by atoms with Gasteiger partial charge in [0.05, 0.1) is 0 Å². The molecular weight excluding hydrogens is 392 g/mol. The minimum atomic E-state index is -0.376. The molecule has 2 N–H and O–H groups in total. The maximum absolute atomic E-state index is 12.5. The van der Waals surface area contributed by atoms with Gasteiger partial charge in [0.15, 0.2) is 0 Å². The van der Waals surface area contributed by atoms with Gasteiger partial charge in [0, 0.05) is 23.5 Å². The lowest BCUT2D eigenvalue weighted by atomic mass is 10.2. The molecule has 1 unspecified atom stereocenters. The molecule has 31 heavy (non-hydrogen) atoms. The highest BCUT2D eigenvalue weighted by molar-refractivity contribution is 6.04. The van der Waals surface area contributed by atoms with E-state index >= 15 is 0 Å². The van der Waals surface area contributed by atoms with E-state index in [2.05, 4.69) is 10.6 Å². The molecule has 1 heterocycles. The Hall–Kier alpha value is -3.64. The van der Waals surface area contributed by atoms with Gasteiger partial charge < -0.3 is 20.1 Å². The van der Waals surface area contributed by atoms with Crippen LogP contribution in [0.5, 0.6) is 5.75 Å². The summed E-state index contributed by atoms with van der Waals surface area (Å²) in [4.78, 5) is 24.6. The van der Waals surface area contributed by atoms with E-state index in [1.807, 2.05) is 30.3 Å². The van der Waals surface area contributed by atoms with Crippen molar-refractivity contribution in [1.82, 2.24) is 0 Å². The fraction of sp³-hybridized carbons (Fsp3) is 0.200. The smallest absolute Gasteiger partial charge is 0.255 e. The van der Waals surface area contributed by atoms with Crippen LogP contribution in [0.15, 0.2) is 78.9 Å². The SMILES string of the molecule is O=C(Nc1ccc(NC(=O)C2CCCO2)cc1)c1ccc(OCc2ccccc2)cc1. The van der Waals surface area contributed by atoms with Gasteiger partial charge in [-0.1, -0.05) is 30.3 Å². The summed E-state index contributed by atoms with van der Waals surface area (Å²) in [5.74, 6) is 0.348. The van der Waals surface area contributed by atoms with Crippen LogP contribution in [0.1, 0.15) is 28.8 Å². The van der Waals surface area contributed by atoms with E-state index in [-0.39, 0.29) is 17.9 Å². The average Bonchev–Trinajstić information content (AvgIpc) is 3.35. The summed E-state index contributed by atoms with van der Waals surface area (Å²) in [6, 6.07) is 23.9. The molecule has 158 valence electrons. The molecule has 6 nitrogen and oxygen atoms in total. The number of anilines is 2. The summed E-state index contributed by atoms with van der Waals surface area (Å²) >= 11 is 0. The van der Waals surface area contributed by atoms with Gasteiger partial charge in [0.25, 0.3) is 11.8 Å². The van der Waals surface area contributed by atoms with E-state index in [1.54, 1.807) is 48.5 Å². The van der Waals surface area contributed by atoms with Crippen LogP contribution in [-0.2, 0) is 16.1 Å². The predicted octanol–water partition coefficient (Wildman–Crippen LogP) is 4.64. The van der Waals surface area contributed by atoms with Crippen molar-refractivity contribution in [3.63, 3.8) is 0 Å². The summed E-state index contributed by atoms with van der Waals surface area (Å²) < 4.78 is 11.1. The molecule has 1 saturated heterocycles. The lowest BCUT2D eigenvalue weighted by molar-refractivity contribution is -0.124. The first-order valence-corrected chi connectivity index (χ1v) is 10.3. The molecule has 0 bridgehead atoms. The molecule has 1 fully saturated rings. The van der Waals surface area contributed by atoms with Crippen molar-refractivity contribution in [2.75, 3.05) is 17.2 Å². The van der Waals surface area contributed by atoms with Gasteiger partial charge in [-0.15, -0.1) is 0 Å². The molecule has 0 aromatic heterocycles. The van der Waals surface area contributed by atoms with E-state index in [4.69, 9.17) is 9.47 Å². The zero-order valence-corrected chi connectivity index (χ0v) is 17.0. The van der Waals surface area contributed by atoms with Gasteiger partial charge in [-0.3, -0.25) is 9.59 Å². The molecule has 3 aromatic carbocycles. The third kappa shape index (κ3) is 5.71. The second-order valence-corrected chi connectivity index (χ2v) is 7.32. The second-order valence-electron chi connectivity index (χ2n) is 7.32. The van der Waals surface area contributed by atoms with Crippen LogP contribution in [0.25, 0.3) is 0 Å². The number of hydrogen-bond donors (Lipinski definition) is 2. The first kappa shape index (κ1) is 20.6. The first-order chi connectivity index (χ1) is 15.2. The molecule has 1 aliphatic heterocycles. The van der Waals surface area contributed by atoms with E-state index in [0.29, 0.717) is 35.9 Å². The van der Waals surface area contributed by atoms with E-state index < -0.39 is 0 Å². The molecule has 1 aliphatic rings. The average molecular weight is 416 g/mol. The molecule has 0 spiro atoms. The van der Waals surface area contributed by atoms with Crippen molar-refractivity contribution >= 4 is 23.2 Å².